The Hall–Kier alpha value is -3.32. The summed E-state index contributed by atoms with van der Waals surface area (Å²) in [5.41, 5.74) is 2.17. The molecular formula is C25H29N3O4. The molecule has 4 rings (SSSR count). The molecule has 0 aromatic heterocycles. The first-order chi connectivity index (χ1) is 15.6. The molecule has 1 saturated heterocycles. The molecule has 168 valence electrons. The van der Waals surface area contributed by atoms with E-state index < -0.39 is 0 Å². The molecule has 0 bridgehead atoms. The molecule has 0 N–H and O–H groups in total. The summed E-state index contributed by atoms with van der Waals surface area (Å²) in [6, 6.07) is 14.4. The SMILES string of the molecule is CCOc1ccc(N2C(=O)C(c3ccc(OC)cc3)=C(N3CCN(CC)CC3)C2=O)cc1. The van der Waals surface area contributed by atoms with Crippen LogP contribution in [-0.2, 0) is 9.59 Å². The van der Waals surface area contributed by atoms with Crippen LogP contribution in [0.3, 0.4) is 0 Å². The molecule has 2 amide bonds. The number of carbonyl (C=O) groups is 2. The van der Waals surface area contributed by atoms with E-state index in [1.165, 1.54) is 4.90 Å². The smallest absolute Gasteiger partial charge is 0.282 e. The third kappa shape index (κ3) is 4.08. The molecule has 0 saturated carbocycles. The van der Waals surface area contributed by atoms with E-state index in [1.54, 1.807) is 31.4 Å². The number of likely N-dealkylation sites (N-methyl/N-ethyl adjacent to an activating group) is 1. The molecule has 7 nitrogen and oxygen atoms in total. The molecule has 7 heteroatoms. The van der Waals surface area contributed by atoms with Gasteiger partial charge in [0.15, 0.2) is 0 Å². The van der Waals surface area contributed by atoms with E-state index in [2.05, 4.69) is 16.7 Å². The lowest BCUT2D eigenvalue weighted by atomic mass is 10.0. The van der Waals surface area contributed by atoms with Crippen molar-refractivity contribution in [1.82, 2.24) is 9.80 Å². The Balaban J connectivity index is 1.72. The molecule has 0 aliphatic carbocycles. The first-order valence-electron chi connectivity index (χ1n) is 11.0. The van der Waals surface area contributed by atoms with Crippen molar-refractivity contribution < 1.29 is 19.1 Å². The second kappa shape index (κ2) is 9.44. The summed E-state index contributed by atoms with van der Waals surface area (Å²) in [7, 11) is 1.60. The minimum absolute atomic E-state index is 0.282. The molecular weight excluding hydrogens is 406 g/mol. The van der Waals surface area contributed by atoms with Gasteiger partial charge in [-0.25, -0.2) is 4.90 Å². The maximum atomic E-state index is 13.6. The van der Waals surface area contributed by atoms with Crippen LogP contribution in [0, 0.1) is 0 Å². The zero-order valence-electron chi connectivity index (χ0n) is 18.8. The van der Waals surface area contributed by atoms with E-state index in [-0.39, 0.29) is 11.8 Å². The third-order valence-electron chi connectivity index (χ3n) is 5.98. The van der Waals surface area contributed by atoms with Gasteiger partial charge in [-0.1, -0.05) is 19.1 Å². The number of piperazine rings is 1. The van der Waals surface area contributed by atoms with Crippen LogP contribution in [0.5, 0.6) is 11.5 Å². The van der Waals surface area contributed by atoms with Crippen molar-refractivity contribution in [3.63, 3.8) is 0 Å². The fourth-order valence-corrected chi connectivity index (χ4v) is 4.21. The van der Waals surface area contributed by atoms with Crippen molar-refractivity contribution >= 4 is 23.1 Å². The normalized spacial score (nSPS) is 17.3. The summed E-state index contributed by atoms with van der Waals surface area (Å²) in [5, 5.41) is 0. The highest BCUT2D eigenvalue weighted by Gasteiger charge is 2.43. The maximum absolute atomic E-state index is 13.6. The summed E-state index contributed by atoms with van der Waals surface area (Å²) < 4.78 is 10.8. The highest BCUT2D eigenvalue weighted by Crippen LogP contribution is 2.36. The molecule has 2 aliphatic heterocycles. The quantitative estimate of drug-likeness (QED) is 0.623. The Kier molecular flexibility index (Phi) is 6.46. The van der Waals surface area contributed by atoms with Gasteiger partial charge in [0, 0.05) is 26.2 Å². The van der Waals surface area contributed by atoms with Gasteiger partial charge in [-0.2, -0.15) is 0 Å². The minimum Gasteiger partial charge on any atom is -0.497 e. The number of anilines is 1. The predicted octanol–water partition coefficient (Wildman–Crippen LogP) is 3.02. The monoisotopic (exact) mass is 435 g/mol. The lowest BCUT2D eigenvalue weighted by Gasteiger charge is -2.36. The van der Waals surface area contributed by atoms with Crippen molar-refractivity contribution in [2.75, 3.05) is 51.3 Å². The van der Waals surface area contributed by atoms with Crippen molar-refractivity contribution in [3.8, 4) is 11.5 Å². The molecule has 2 aromatic carbocycles. The van der Waals surface area contributed by atoms with Gasteiger partial charge >= 0.3 is 0 Å². The Morgan fingerprint density at radius 3 is 2.00 bits per heavy atom. The molecule has 1 fully saturated rings. The van der Waals surface area contributed by atoms with Crippen LogP contribution in [0.4, 0.5) is 5.69 Å². The lowest BCUT2D eigenvalue weighted by molar-refractivity contribution is -0.120. The number of nitrogens with zero attached hydrogens (tertiary/aromatic N) is 3. The number of hydrogen-bond donors (Lipinski definition) is 0. The second-order valence-corrected chi connectivity index (χ2v) is 7.75. The molecule has 0 atom stereocenters. The van der Waals surface area contributed by atoms with Crippen LogP contribution >= 0.6 is 0 Å². The zero-order chi connectivity index (χ0) is 22.7. The van der Waals surface area contributed by atoms with Gasteiger partial charge in [-0.15, -0.1) is 0 Å². The fraction of sp³-hybridized carbons (Fsp3) is 0.360. The Labute approximate surface area is 188 Å². The van der Waals surface area contributed by atoms with Gasteiger partial charge in [0.05, 0.1) is 25.0 Å². The topological polar surface area (TPSA) is 62.3 Å². The number of amides is 2. The Bertz CT molecular complexity index is 1010. The van der Waals surface area contributed by atoms with Gasteiger partial charge in [0.25, 0.3) is 11.8 Å². The van der Waals surface area contributed by atoms with E-state index in [4.69, 9.17) is 9.47 Å². The van der Waals surface area contributed by atoms with Gasteiger partial charge in [0.1, 0.15) is 17.2 Å². The van der Waals surface area contributed by atoms with E-state index in [9.17, 15) is 9.59 Å². The summed E-state index contributed by atoms with van der Waals surface area (Å²) >= 11 is 0. The number of benzene rings is 2. The Morgan fingerprint density at radius 2 is 1.44 bits per heavy atom. The maximum Gasteiger partial charge on any atom is 0.282 e. The average Bonchev–Trinajstić information content (AvgIpc) is 3.10. The molecule has 0 unspecified atom stereocenters. The van der Waals surface area contributed by atoms with E-state index in [1.807, 2.05) is 31.2 Å². The van der Waals surface area contributed by atoms with Crippen molar-refractivity contribution in [2.45, 2.75) is 13.8 Å². The van der Waals surface area contributed by atoms with Crippen molar-refractivity contribution in [1.29, 1.82) is 0 Å². The molecule has 2 heterocycles. The predicted molar refractivity (Wildman–Crippen MR) is 124 cm³/mol. The summed E-state index contributed by atoms with van der Waals surface area (Å²) in [4.78, 5) is 32.9. The van der Waals surface area contributed by atoms with Gasteiger partial charge in [0.2, 0.25) is 0 Å². The largest absolute Gasteiger partial charge is 0.497 e. The lowest BCUT2D eigenvalue weighted by Crippen LogP contribution is -2.47. The number of ether oxygens (including phenoxy) is 2. The zero-order valence-corrected chi connectivity index (χ0v) is 18.8. The molecule has 0 spiro atoms. The molecule has 32 heavy (non-hydrogen) atoms. The first kappa shape index (κ1) is 21.9. The Morgan fingerprint density at radius 1 is 0.812 bits per heavy atom. The standard InChI is InChI=1S/C25H29N3O4/c1-4-26-14-16-27(17-15-26)23-22(18-6-10-20(31-3)11-7-18)24(29)28(25(23)30)19-8-12-21(13-9-19)32-5-2/h6-13H,4-5,14-17H2,1-3H3. The van der Waals surface area contributed by atoms with Crippen LogP contribution in [0.15, 0.2) is 54.2 Å². The molecule has 2 aromatic rings. The average molecular weight is 436 g/mol. The molecule has 2 aliphatic rings. The van der Waals surface area contributed by atoms with Gasteiger partial charge < -0.3 is 19.3 Å². The van der Waals surface area contributed by atoms with Crippen LogP contribution in [-0.4, -0.2) is 68.1 Å². The second-order valence-electron chi connectivity index (χ2n) is 7.75. The van der Waals surface area contributed by atoms with Gasteiger partial charge in [-0.3, -0.25) is 9.59 Å². The highest BCUT2D eigenvalue weighted by atomic mass is 16.5. The van der Waals surface area contributed by atoms with Crippen LogP contribution in [0.1, 0.15) is 19.4 Å². The summed E-state index contributed by atoms with van der Waals surface area (Å²) in [6.07, 6.45) is 0. The van der Waals surface area contributed by atoms with Crippen LogP contribution in [0.2, 0.25) is 0 Å². The van der Waals surface area contributed by atoms with E-state index in [0.29, 0.717) is 53.7 Å². The van der Waals surface area contributed by atoms with Crippen molar-refractivity contribution in [3.05, 3.63) is 59.8 Å². The highest BCUT2D eigenvalue weighted by molar-refractivity contribution is 6.45. The molecule has 0 radical (unpaired) electrons. The first-order valence-corrected chi connectivity index (χ1v) is 11.0. The van der Waals surface area contributed by atoms with E-state index >= 15 is 0 Å². The number of rotatable bonds is 7. The third-order valence-corrected chi connectivity index (χ3v) is 5.98. The van der Waals surface area contributed by atoms with E-state index in [0.717, 1.165) is 19.6 Å². The van der Waals surface area contributed by atoms with Crippen molar-refractivity contribution in [2.24, 2.45) is 0 Å². The number of hydrogen-bond acceptors (Lipinski definition) is 6. The fourth-order valence-electron chi connectivity index (χ4n) is 4.21. The van der Waals surface area contributed by atoms with Crippen LogP contribution < -0.4 is 14.4 Å². The number of carbonyl (C=O) groups excluding carboxylic acids is 2. The summed E-state index contributed by atoms with van der Waals surface area (Å²) in [6.45, 7) is 8.72. The van der Waals surface area contributed by atoms with Crippen LogP contribution in [0.25, 0.3) is 5.57 Å². The summed E-state index contributed by atoms with van der Waals surface area (Å²) in [5.74, 6) is 0.814. The minimum atomic E-state index is -0.308. The number of methoxy groups -OCH3 is 1. The van der Waals surface area contributed by atoms with Gasteiger partial charge in [-0.05, 0) is 55.4 Å². The number of imide groups is 1.